The molecule has 0 aliphatic heterocycles. The monoisotopic (exact) mass is 458 g/mol. The summed E-state index contributed by atoms with van der Waals surface area (Å²) < 4.78 is 38.9. The minimum Gasteiger partial charge on any atom is -0.507 e. The molecule has 0 bridgehead atoms. The summed E-state index contributed by atoms with van der Waals surface area (Å²) in [5.74, 6) is -1.72. The maximum atomic E-state index is 13.2. The number of hydrogen-bond acceptors (Lipinski definition) is 6. The van der Waals surface area contributed by atoms with E-state index in [0.29, 0.717) is 18.5 Å². The molecule has 0 aromatic heterocycles. The summed E-state index contributed by atoms with van der Waals surface area (Å²) in [4.78, 5) is 11.3. The first-order chi connectivity index (χ1) is 15.2. The third kappa shape index (κ3) is 5.50. The number of hydrogen-bond donors (Lipinski definition) is 4. The second-order valence-electron chi connectivity index (χ2n) is 7.22. The Morgan fingerprint density at radius 2 is 1.72 bits per heavy atom. The van der Waals surface area contributed by atoms with Gasteiger partial charge in [-0.1, -0.05) is 24.3 Å². The molecule has 0 unspecified atom stereocenters. The Balaban J connectivity index is 1.60. The zero-order valence-electron chi connectivity index (χ0n) is 17.0. The van der Waals surface area contributed by atoms with Crippen LogP contribution in [0.5, 0.6) is 5.75 Å². The molecule has 5 N–H and O–H groups in total. The van der Waals surface area contributed by atoms with Gasteiger partial charge >= 0.3 is 0 Å². The van der Waals surface area contributed by atoms with Crippen LogP contribution in [-0.2, 0) is 16.3 Å². The van der Waals surface area contributed by atoms with E-state index < -0.39 is 27.7 Å². The maximum absolute atomic E-state index is 13.2. The zero-order chi connectivity index (χ0) is 23.3. The predicted octanol–water partition coefficient (Wildman–Crippen LogP) is 2.33. The minimum atomic E-state index is -3.90. The lowest BCUT2D eigenvalue weighted by Gasteiger charge is -2.12. The highest BCUT2D eigenvalue weighted by atomic mass is 32.2. The van der Waals surface area contributed by atoms with Crippen molar-refractivity contribution in [2.75, 3.05) is 13.1 Å². The molecule has 0 fully saturated rings. The van der Waals surface area contributed by atoms with E-state index in [4.69, 9.17) is 5.73 Å². The quantitative estimate of drug-likeness (QED) is 0.364. The topological polar surface area (TPSA) is 130 Å². The molecule has 32 heavy (non-hydrogen) atoms. The van der Waals surface area contributed by atoms with Crippen LogP contribution in [0.1, 0.15) is 27.6 Å². The Morgan fingerprint density at radius 1 is 1.03 bits per heavy atom. The second-order valence-corrected chi connectivity index (χ2v) is 9.17. The summed E-state index contributed by atoms with van der Waals surface area (Å²) in [6.45, 7) is 0.775. The van der Waals surface area contributed by atoms with Gasteiger partial charge in [0, 0.05) is 6.54 Å². The third-order valence-electron chi connectivity index (χ3n) is 4.94. The first-order valence-corrected chi connectivity index (χ1v) is 11.3. The lowest BCUT2D eigenvalue weighted by Crippen LogP contribution is -2.23. The van der Waals surface area contributed by atoms with Crippen LogP contribution in [0, 0.1) is 5.82 Å². The summed E-state index contributed by atoms with van der Waals surface area (Å²) in [5.41, 5.74) is 6.26. The number of amides is 1. The van der Waals surface area contributed by atoms with Crippen LogP contribution in [0.25, 0.3) is 0 Å². The smallest absolute Gasteiger partial charge is 0.252 e. The Morgan fingerprint density at radius 3 is 2.38 bits per heavy atom. The van der Waals surface area contributed by atoms with Crippen molar-refractivity contribution in [3.05, 3.63) is 89.2 Å². The highest BCUT2D eigenvalue weighted by Crippen LogP contribution is 2.26. The average molecular weight is 459 g/mol. The molecule has 3 rings (SSSR count). The standard InChI is InChI=1S/C23H23FN2O5S/c24-17-3-1-2-16(12-17)22(28)14-26-11-10-15-4-6-18(7-5-15)32(30,31)19-8-9-21(27)20(13-19)23(25)29/h1-9,12-13,22,26-28H,10-11,14H2,(H2,25,29)/t22-/m0/s1. The van der Waals surface area contributed by atoms with E-state index in [1.807, 2.05) is 0 Å². The fourth-order valence-corrected chi connectivity index (χ4v) is 4.44. The molecule has 0 aliphatic carbocycles. The van der Waals surface area contributed by atoms with Gasteiger partial charge in [-0.15, -0.1) is 0 Å². The van der Waals surface area contributed by atoms with Gasteiger partial charge in [0.1, 0.15) is 11.6 Å². The van der Waals surface area contributed by atoms with Crippen molar-refractivity contribution in [1.82, 2.24) is 5.32 Å². The molecule has 0 saturated carbocycles. The molecule has 7 nitrogen and oxygen atoms in total. The summed E-state index contributed by atoms with van der Waals surface area (Å²) in [5, 5.41) is 22.9. The molecular formula is C23H23FN2O5S. The predicted molar refractivity (Wildman–Crippen MR) is 116 cm³/mol. The molecule has 9 heteroatoms. The Hall–Kier alpha value is -3.27. The number of rotatable bonds is 9. The van der Waals surface area contributed by atoms with Crippen molar-refractivity contribution in [2.45, 2.75) is 22.3 Å². The third-order valence-corrected chi connectivity index (χ3v) is 6.71. The molecule has 0 saturated heterocycles. The number of nitrogens with two attached hydrogens (primary N) is 1. The fourth-order valence-electron chi connectivity index (χ4n) is 3.15. The van der Waals surface area contributed by atoms with Crippen molar-refractivity contribution in [2.24, 2.45) is 5.73 Å². The van der Waals surface area contributed by atoms with Gasteiger partial charge in [-0.25, -0.2) is 12.8 Å². The summed E-state index contributed by atoms with van der Waals surface area (Å²) >= 11 is 0. The van der Waals surface area contributed by atoms with Gasteiger partial charge in [-0.05, 0) is 66.6 Å². The molecule has 1 atom stereocenters. The van der Waals surface area contributed by atoms with E-state index in [1.165, 1.54) is 36.4 Å². The summed E-state index contributed by atoms with van der Waals surface area (Å²) in [6, 6.07) is 15.4. The average Bonchev–Trinajstić information content (AvgIpc) is 2.77. The van der Waals surface area contributed by atoms with Gasteiger partial charge in [0.15, 0.2) is 0 Å². The van der Waals surface area contributed by atoms with Gasteiger partial charge in [0.25, 0.3) is 5.91 Å². The second kappa shape index (κ2) is 9.90. The van der Waals surface area contributed by atoms with Crippen molar-refractivity contribution in [3.63, 3.8) is 0 Å². The number of sulfone groups is 1. The van der Waals surface area contributed by atoms with Gasteiger partial charge in [0.05, 0.1) is 21.5 Å². The van der Waals surface area contributed by atoms with Crippen LogP contribution in [0.4, 0.5) is 4.39 Å². The number of halogens is 1. The first-order valence-electron chi connectivity index (χ1n) is 9.79. The number of nitrogens with one attached hydrogen (secondary N) is 1. The van der Waals surface area contributed by atoms with Gasteiger partial charge in [-0.3, -0.25) is 4.79 Å². The van der Waals surface area contributed by atoms with Gasteiger partial charge in [-0.2, -0.15) is 0 Å². The highest BCUT2D eigenvalue weighted by molar-refractivity contribution is 7.91. The van der Waals surface area contributed by atoms with Crippen molar-refractivity contribution in [1.29, 1.82) is 0 Å². The highest BCUT2D eigenvalue weighted by Gasteiger charge is 2.20. The van der Waals surface area contributed by atoms with E-state index in [0.717, 1.165) is 17.7 Å². The molecular weight excluding hydrogens is 435 g/mol. The van der Waals surface area contributed by atoms with Crippen LogP contribution in [0.15, 0.2) is 76.5 Å². The molecule has 0 heterocycles. The first kappa shape index (κ1) is 23.4. The molecule has 0 spiro atoms. The van der Waals surface area contributed by atoms with Crippen molar-refractivity contribution >= 4 is 15.7 Å². The minimum absolute atomic E-state index is 0.0387. The van der Waals surface area contributed by atoms with Crippen LogP contribution in [-0.4, -0.2) is 37.6 Å². The fraction of sp³-hybridized carbons (Fsp3) is 0.174. The van der Waals surface area contributed by atoms with Crippen LogP contribution in [0.2, 0.25) is 0 Å². The Labute approximate surface area is 185 Å². The Bertz CT molecular complexity index is 1210. The number of benzene rings is 3. The molecule has 0 radical (unpaired) electrons. The SMILES string of the molecule is NC(=O)c1cc(S(=O)(=O)c2ccc(CCNC[C@H](O)c3cccc(F)c3)cc2)ccc1O. The van der Waals surface area contributed by atoms with E-state index in [-0.39, 0.29) is 27.6 Å². The lowest BCUT2D eigenvalue weighted by atomic mass is 10.1. The van der Waals surface area contributed by atoms with Crippen molar-refractivity contribution in [3.8, 4) is 5.75 Å². The number of carbonyl (C=O) groups excluding carboxylic acids is 1. The summed E-state index contributed by atoms with van der Waals surface area (Å²) in [7, 11) is -3.90. The van der Waals surface area contributed by atoms with Crippen LogP contribution < -0.4 is 11.1 Å². The zero-order valence-corrected chi connectivity index (χ0v) is 17.8. The Kier molecular flexibility index (Phi) is 7.24. The number of aliphatic hydroxyl groups excluding tert-OH is 1. The van der Waals surface area contributed by atoms with Crippen LogP contribution >= 0.6 is 0 Å². The normalized spacial score (nSPS) is 12.4. The van der Waals surface area contributed by atoms with Gasteiger partial charge in [0.2, 0.25) is 9.84 Å². The van der Waals surface area contributed by atoms with E-state index in [2.05, 4.69) is 5.32 Å². The number of aliphatic hydroxyl groups is 1. The van der Waals surface area contributed by atoms with E-state index in [9.17, 15) is 27.8 Å². The largest absolute Gasteiger partial charge is 0.507 e. The molecule has 0 aliphatic rings. The lowest BCUT2D eigenvalue weighted by molar-refractivity contribution is 0.0997. The molecule has 3 aromatic rings. The maximum Gasteiger partial charge on any atom is 0.252 e. The number of carbonyl (C=O) groups is 1. The summed E-state index contributed by atoms with van der Waals surface area (Å²) in [6.07, 6.45) is -0.254. The number of primary amides is 1. The number of phenols is 1. The van der Waals surface area contributed by atoms with E-state index >= 15 is 0 Å². The van der Waals surface area contributed by atoms with Crippen molar-refractivity contribution < 1.29 is 27.8 Å². The molecule has 3 aromatic carbocycles. The molecule has 1 amide bonds. The molecule has 168 valence electrons. The van der Waals surface area contributed by atoms with E-state index in [1.54, 1.807) is 18.2 Å². The van der Waals surface area contributed by atoms with Crippen LogP contribution in [0.3, 0.4) is 0 Å². The number of aromatic hydroxyl groups is 1. The van der Waals surface area contributed by atoms with Gasteiger partial charge < -0.3 is 21.3 Å².